The molecule has 0 saturated carbocycles. The van der Waals surface area contributed by atoms with Crippen LogP contribution in [0.4, 0.5) is 0 Å². The van der Waals surface area contributed by atoms with Crippen LogP contribution in [-0.4, -0.2) is 35.9 Å². The van der Waals surface area contributed by atoms with Crippen molar-refractivity contribution >= 4 is 5.91 Å². The Morgan fingerprint density at radius 3 is 2.93 bits per heavy atom. The van der Waals surface area contributed by atoms with E-state index in [4.69, 9.17) is 4.42 Å². The summed E-state index contributed by atoms with van der Waals surface area (Å²) in [6.45, 7) is 5.30. The topological polar surface area (TPSA) is 58.4 Å². The van der Waals surface area contributed by atoms with Crippen LogP contribution in [0.15, 0.2) is 10.6 Å². The van der Waals surface area contributed by atoms with E-state index >= 15 is 0 Å². The molecule has 5 nitrogen and oxygen atoms in total. The Morgan fingerprint density at radius 2 is 2.40 bits per heavy atom. The van der Waals surface area contributed by atoms with E-state index in [9.17, 15) is 4.79 Å². The molecule has 0 bridgehead atoms. The van der Waals surface area contributed by atoms with Gasteiger partial charge < -0.3 is 9.32 Å². The minimum Gasteiger partial charge on any atom is -0.445 e. The molecule has 1 rings (SSSR count). The maximum atomic E-state index is 11.4. The molecule has 0 spiro atoms. The fraction of sp³-hybridized carbons (Fsp3) is 0.600. The number of aromatic nitrogens is 1. The van der Waals surface area contributed by atoms with Gasteiger partial charge in [-0.2, -0.15) is 0 Å². The van der Waals surface area contributed by atoms with Crippen LogP contribution in [-0.2, 0) is 11.3 Å². The standard InChI is InChI=1S/C10H17N3O2/c1-4-13(3)10(14)7-11-6-9-12-5-8(2)15-9/h5,11H,4,6-7H2,1-3H3. The van der Waals surface area contributed by atoms with Crippen LogP contribution in [0.3, 0.4) is 0 Å². The number of nitrogens with zero attached hydrogens (tertiary/aromatic N) is 2. The van der Waals surface area contributed by atoms with Gasteiger partial charge in [0.1, 0.15) is 5.76 Å². The second-order valence-electron chi connectivity index (χ2n) is 3.38. The van der Waals surface area contributed by atoms with Crippen molar-refractivity contribution in [2.75, 3.05) is 20.1 Å². The lowest BCUT2D eigenvalue weighted by Gasteiger charge is -2.14. The molecule has 1 aromatic heterocycles. The molecule has 0 aromatic carbocycles. The molecule has 0 aliphatic carbocycles. The third-order valence-electron chi connectivity index (χ3n) is 2.12. The average molecular weight is 211 g/mol. The Balaban J connectivity index is 2.24. The van der Waals surface area contributed by atoms with Gasteiger partial charge in [-0.05, 0) is 13.8 Å². The molecule has 0 fully saturated rings. The van der Waals surface area contributed by atoms with Crippen LogP contribution in [0.25, 0.3) is 0 Å². The minimum absolute atomic E-state index is 0.0702. The second kappa shape index (κ2) is 5.50. The monoisotopic (exact) mass is 211 g/mol. The first-order chi connectivity index (χ1) is 7.13. The zero-order chi connectivity index (χ0) is 11.3. The lowest BCUT2D eigenvalue weighted by molar-refractivity contribution is -0.128. The van der Waals surface area contributed by atoms with E-state index in [2.05, 4.69) is 10.3 Å². The number of nitrogens with one attached hydrogen (secondary N) is 1. The van der Waals surface area contributed by atoms with Crippen molar-refractivity contribution < 1.29 is 9.21 Å². The predicted molar refractivity (Wildman–Crippen MR) is 56.3 cm³/mol. The summed E-state index contributed by atoms with van der Waals surface area (Å²) in [5.74, 6) is 1.46. The van der Waals surface area contributed by atoms with Gasteiger partial charge in [0.15, 0.2) is 0 Å². The number of rotatable bonds is 5. The third-order valence-corrected chi connectivity index (χ3v) is 2.12. The Bertz CT molecular complexity index is 322. The van der Waals surface area contributed by atoms with E-state index in [-0.39, 0.29) is 5.91 Å². The first-order valence-electron chi connectivity index (χ1n) is 4.99. The summed E-state index contributed by atoms with van der Waals surface area (Å²) in [7, 11) is 1.78. The normalized spacial score (nSPS) is 10.3. The molecular weight excluding hydrogens is 194 g/mol. The van der Waals surface area contributed by atoms with E-state index in [1.807, 2.05) is 13.8 Å². The van der Waals surface area contributed by atoms with Gasteiger partial charge in [0, 0.05) is 13.6 Å². The number of hydrogen-bond acceptors (Lipinski definition) is 4. The molecule has 1 aromatic rings. The Labute approximate surface area is 89.5 Å². The smallest absolute Gasteiger partial charge is 0.236 e. The Morgan fingerprint density at radius 1 is 1.67 bits per heavy atom. The van der Waals surface area contributed by atoms with Crippen molar-refractivity contribution in [3.05, 3.63) is 17.8 Å². The van der Waals surface area contributed by atoms with Gasteiger partial charge in [-0.3, -0.25) is 10.1 Å². The van der Waals surface area contributed by atoms with Crippen molar-refractivity contribution in [2.45, 2.75) is 20.4 Å². The SMILES string of the molecule is CCN(C)C(=O)CNCc1ncc(C)o1. The van der Waals surface area contributed by atoms with Crippen molar-refractivity contribution in [2.24, 2.45) is 0 Å². The maximum absolute atomic E-state index is 11.4. The molecule has 1 heterocycles. The highest BCUT2D eigenvalue weighted by Gasteiger charge is 2.06. The fourth-order valence-electron chi connectivity index (χ4n) is 1.07. The molecule has 84 valence electrons. The van der Waals surface area contributed by atoms with Gasteiger partial charge in [0.25, 0.3) is 0 Å². The predicted octanol–water partition coefficient (Wildman–Crippen LogP) is 0.551. The van der Waals surface area contributed by atoms with Gasteiger partial charge >= 0.3 is 0 Å². The molecule has 5 heteroatoms. The molecule has 0 atom stereocenters. The zero-order valence-electron chi connectivity index (χ0n) is 9.41. The maximum Gasteiger partial charge on any atom is 0.236 e. The van der Waals surface area contributed by atoms with Crippen LogP contribution in [0.2, 0.25) is 0 Å². The van der Waals surface area contributed by atoms with Crippen molar-refractivity contribution in [1.82, 2.24) is 15.2 Å². The summed E-state index contributed by atoms with van der Waals surface area (Å²) in [6.07, 6.45) is 1.66. The van der Waals surface area contributed by atoms with Gasteiger partial charge in [-0.1, -0.05) is 0 Å². The quantitative estimate of drug-likeness (QED) is 0.772. The number of carbonyl (C=O) groups excluding carboxylic acids is 1. The van der Waals surface area contributed by atoms with Crippen LogP contribution in [0.1, 0.15) is 18.6 Å². The molecule has 0 unspecified atom stereocenters. The lowest BCUT2D eigenvalue weighted by atomic mass is 10.5. The van der Waals surface area contributed by atoms with Crippen LogP contribution in [0, 0.1) is 6.92 Å². The average Bonchev–Trinajstić information content (AvgIpc) is 2.63. The summed E-state index contributed by atoms with van der Waals surface area (Å²) in [4.78, 5) is 17.1. The summed E-state index contributed by atoms with van der Waals surface area (Å²) < 4.78 is 5.25. The van der Waals surface area contributed by atoms with Crippen LogP contribution in [0.5, 0.6) is 0 Å². The molecule has 15 heavy (non-hydrogen) atoms. The highest BCUT2D eigenvalue weighted by Crippen LogP contribution is 2.00. The van der Waals surface area contributed by atoms with E-state index in [1.165, 1.54) is 0 Å². The molecule has 0 aliphatic heterocycles. The Hall–Kier alpha value is -1.36. The first kappa shape index (κ1) is 11.7. The second-order valence-corrected chi connectivity index (χ2v) is 3.38. The molecule has 1 N–H and O–H groups in total. The van der Waals surface area contributed by atoms with Gasteiger partial charge in [0.2, 0.25) is 11.8 Å². The zero-order valence-corrected chi connectivity index (χ0v) is 9.41. The largest absolute Gasteiger partial charge is 0.445 e. The summed E-state index contributed by atoms with van der Waals surface area (Å²) in [6, 6.07) is 0. The number of amides is 1. The number of oxazole rings is 1. The van der Waals surface area contributed by atoms with Crippen molar-refractivity contribution in [3.63, 3.8) is 0 Å². The first-order valence-corrected chi connectivity index (χ1v) is 4.99. The minimum atomic E-state index is 0.0702. The molecular formula is C10H17N3O2. The highest BCUT2D eigenvalue weighted by molar-refractivity contribution is 5.77. The molecule has 0 saturated heterocycles. The summed E-state index contributed by atoms with van der Waals surface area (Å²) in [5, 5.41) is 2.98. The van der Waals surface area contributed by atoms with E-state index < -0.39 is 0 Å². The Kier molecular flexibility index (Phi) is 4.30. The summed E-state index contributed by atoms with van der Waals surface area (Å²) >= 11 is 0. The summed E-state index contributed by atoms with van der Waals surface area (Å²) in [5.41, 5.74) is 0. The highest BCUT2D eigenvalue weighted by atomic mass is 16.4. The van der Waals surface area contributed by atoms with Crippen molar-refractivity contribution in [3.8, 4) is 0 Å². The molecule has 0 aliphatic rings. The van der Waals surface area contributed by atoms with E-state index in [0.717, 1.165) is 12.3 Å². The number of aryl methyl sites for hydroxylation is 1. The van der Waals surface area contributed by atoms with Gasteiger partial charge in [-0.15, -0.1) is 0 Å². The number of hydrogen-bond donors (Lipinski definition) is 1. The lowest BCUT2D eigenvalue weighted by Crippen LogP contribution is -2.35. The molecule has 0 radical (unpaired) electrons. The van der Waals surface area contributed by atoms with Crippen LogP contribution < -0.4 is 5.32 Å². The number of carbonyl (C=O) groups is 1. The third kappa shape index (κ3) is 3.71. The fourth-order valence-corrected chi connectivity index (χ4v) is 1.07. The van der Waals surface area contributed by atoms with Crippen LogP contribution >= 0.6 is 0 Å². The van der Waals surface area contributed by atoms with Gasteiger partial charge in [0.05, 0.1) is 19.3 Å². The van der Waals surface area contributed by atoms with E-state index in [0.29, 0.717) is 19.0 Å². The van der Waals surface area contributed by atoms with E-state index in [1.54, 1.807) is 18.1 Å². The van der Waals surface area contributed by atoms with Crippen molar-refractivity contribution in [1.29, 1.82) is 0 Å². The van der Waals surface area contributed by atoms with Gasteiger partial charge in [-0.25, -0.2) is 4.98 Å². The number of likely N-dealkylation sites (N-methyl/N-ethyl adjacent to an activating group) is 1. The molecule has 1 amide bonds.